The number of halogens is 3. The van der Waals surface area contributed by atoms with Crippen LogP contribution in [0.3, 0.4) is 0 Å². The molecule has 7 unspecified atom stereocenters. The Kier molecular flexibility index (Phi) is 22.6. The van der Waals surface area contributed by atoms with Crippen LogP contribution in [0.25, 0.3) is 0 Å². The number of alkyl halides is 3. The fraction of sp³-hybridized carbons (Fsp3) is 0.684. The zero-order valence-corrected chi connectivity index (χ0v) is 44.9. The van der Waals surface area contributed by atoms with E-state index in [1.807, 2.05) is 65.0 Å². The standard InChI is InChI=1S/C57H83F3N2O12/c1-34-16-11-10-12-17-36(3)45(61-42-18-15-19-43(32-42)74-57(58,59)60)33-44-24-22-40(7)56(69,73-44)53(66)54(67)62-27-14-13-20-46(62)55(68)72-48(37(4)30-41-23-25-47(63)49(31-41)70-8)26-21-35(2)29-39(6)51(65)52(71-9)50(64)38(5)28-34/h10-12,15-19,29,32,34-35,37-38,40-41,44-49,51-52,61,63,65,69H,13-14,20-28,30-31,33H2,1-9H3/b12-10+,16-11+,36-17+,39-29+/t34-,35+,37-,38?,40?,41?,44+,45-,46?,47-,48+,49?,51?,52+,56?/m1/s1. The number of nitrogens with one attached hydrogen (secondary N) is 1. The van der Waals surface area contributed by atoms with Gasteiger partial charge >= 0.3 is 12.3 Å². The lowest BCUT2D eigenvalue weighted by atomic mass is 9.78. The van der Waals surface area contributed by atoms with Crippen LogP contribution in [0.5, 0.6) is 5.75 Å². The number of aliphatic hydroxyl groups is 3. The van der Waals surface area contributed by atoms with Crippen LogP contribution in [0.1, 0.15) is 132 Å². The number of anilines is 1. The molecule has 4 aliphatic rings. The van der Waals surface area contributed by atoms with Gasteiger partial charge in [0.15, 0.2) is 5.78 Å². The first-order chi connectivity index (χ1) is 34.9. The molecular formula is C57H83F3N2O12. The summed E-state index contributed by atoms with van der Waals surface area (Å²) in [6.07, 6.45) is 7.87. The number of allylic oxidation sites excluding steroid dienone is 6. The van der Waals surface area contributed by atoms with Crippen LogP contribution in [-0.4, -0.2) is 125 Å². The van der Waals surface area contributed by atoms with Crippen molar-refractivity contribution in [3.05, 3.63) is 71.9 Å². The predicted molar refractivity (Wildman–Crippen MR) is 274 cm³/mol. The Morgan fingerprint density at radius 3 is 2.31 bits per heavy atom. The number of aliphatic hydroxyl groups excluding tert-OH is 2. The molecule has 1 aliphatic carbocycles. The van der Waals surface area contributed by atoms with Crippen molar-refractivity contribution in [2.24, 2.45) is 35.5 Å². The number of cyclic esters (lactones) is 1. The zero-order chi connectivity index (χ0) is 54.5. The summed E-state index contributed by atoms with van der Waals surface area (Å²) in [5.41, 5.74) is 1.59. The highest BCUT2D eigenvalue weighted by molar-refractivity contribution is 6.39. The second kappa shape index (κ2) is 27.6. The monoisotopic (exact) mass is 1040 g/mol. The number of hydrogen-bond acceptors (Lipinski definition) is 13. The fourth-order valence-electron chi connectivity index (χ4n) is 11.2. The maximum Gasteiger partial charge on any atom is 0.573 e. The summed E-state index contributed by atoms with van der Waals surface area (Å²) in [4.78, 5) is 58.5. The number of piperidine rings is 1. The van der Waals surface area contributed by atoms with Gasteiger partial charge in [-0.3, -0.25) is 14.4 Å². The van der Waals surface area contributed by atoms with E-state index in [1.54, 1.807) is 33.1 Å². The molecule has 3 heterocycles. The number of esters is 1. The first-order valence-corrected chi connectivity index (χ1v) is 26.7. The predicted octanol–water partition coefficient (Wildman–Crippen LogP) is 9.37. The number of ether oxygens (including phenoxy) is 5. The molecule has 14 nitrogen and oxygen atoms in total. The molecule has 4 N–H and O–H groups in total. The first kappa shape index (κ1) is 60.5. The van der Waals surface area contributed by atoms with Crippen LogP contribution in [0, 0.1) is 35.5 Å². The minimum atomic E-state index is -4.92. The van der Waals surface area contributed by atoms with Gasteiger partial charge in [-0.2, -0.15) is 0 Å². The number of rotatable bonds is 8. The molecular weight excluding hydrogens is 962 g/mol. The van der Waals surface area contributed by atoms with Crippen molar-refractivity contribution < 1.29 is 71.4 Å². The van der Waals surface area contributed by atoms with Crippen molar-refractivity contribution in [1.29, 1.82) is 0 Å². The molecule has 414 valence electrons. The van der Waals surface area contributed by atoms with E-state index in [-0.39, 0.29) is 54.9 Å². The van der Waals surface area contributed by atoms with E-state index >= 15 is 0 Å². The highest BCUT2D eigenvalue weighted by Gasteiger charge is 2.53. The Labute approximate surface area is 436 Å². The van der Waals surface area contributed by atoms with Gasteiger partial charge in [-0.25, -0.2) is 4.79 Å². The molecule has 2 bridgehead atoms. The van der Waals surface area contributed by atoms with Crippen LogP contribution in [0.4, 0.5) is 18.9 Å². The van der Waals surface area contributed by atoms with E-state index in [2.05, 4.69) is 10.1 Å². The third-order valence-electron chi connectivity index (χ3n) is 15.7. The summed E-state index contributed by atoms with van der Waals surface area (Å²) in [5, 5.41) is 37.5. The Bertz CT molecular complexity index is 2160. The maximum absolute atomic E-state index is 14.5. The Morgan fingerprint density at radius 2 is 1.61 bits per heavy atom. The van der Waals surface area contributed by atoms with Gasteiger partial charge in [0, 0.05) is 50.4 Å². The Hall–Kier alpha value is -4.39. The summed E-state index contributed by atoms with van der Waals surface area (Å²) in [6.45, 7) is 13.1. The van der Waals surface area contributed by atoms with Gasteiger partial charge in [0.25, 0.3) is 11.7 Å². The van der Waals surface area contributed by atoms with Crippen molar-refractivity contribution in [1.82, 2.24) is 4.90 Å². The lowest BCUT2D eigenvalue weighted by Crippen LogP contribution is -2.61. The average Bonchev–Trinajstić information content (AvgIpc) is 3.35. The molecule has 1 amide bonds. The van der Waals surface area contributed by atoms with E-state index in [1.165, 1.54) is 30.2 Å². The molecule has 2 saturated heterocycles. The van der Waals surface area contributed by atoms with Gasteiger partial charge in [-0.15, -0.1) is 13.2 Å². The van der Waals surface area contributed by atoms with Crippen molar-refractivity contribution in [2.45, 2.75) is 193 Å². The van der Waals surface area contributed by atoms with Crippen LogP contribution in [0.2, 0.25) is 0 Å². The number of carbonyl (C=O) groups is 4. The largest absolute Gasteiger partial charge is 0.573 e. The van der Waals surface area contributed by atoms with E-state index < -0.39 is 90.0 Å². The SMILES string of the molecule is COC1CC(C[C@@H](C)[C@@H]2CC[C@H](C)/C=C(\C)C(O)[C@@H](OC)C(=O)C(C)C[C@H](C)/C=C/C=C/C=C(\C)[C@H](Nc3cccc(OC(F)(F)F)c3)C[C@@H]3CCC(C)C(O)(O3)C(=O)C(=O)N3CCCCC3C(=O)O2)CC[C@H]1O. The summed E-state index contributed by atoms with van der Waals surface area (Å²) in [7, 11) is 2.99. The van der Waals surface area contributed by atoms with Gasteiger partial charge in [-0.05, 0) is 139 Å². The molecule has 15 atom stereocenters. The highest BCUT2D eigenvalue weighted by atomic mass is 19.4. The van der Waals surface area contributed by atoms with Crippen molar-refractivity contribution >= 4 is 29.1 Å². The molecule has 0 aromatic heterocycles. The maximum atomic E-state index is 14.5. The minimum absolute atomic E-state index is 0.0397. The van der Waals surface area contributed by atoms with Crippen molar-refractivity contribution in [3.8, 4) is 5.75 Å². The number of carbonyl (C=O) groups excluding carboxylic acids is 4. The molecule has 0 spiro atoms. The quantitative estimate of drug-likeness (QED) is 0.110. The summed E-state index contributed by atoms with van der Waals surface area (Å²) >= 11 is 0. The zero-order valence-electron chi connectivity index (χ0n) is 44.9. The molecule has 74 heavy (non-hydrogen) atoms. The van der Waals surface area contributed by atoms with Crippen molar-refractivity contribution in [3.63, 3.8) is 0 Å². The van der Waals surface area contributed by atoms with E-state index in [0.717, 1.165) is 12.0 Å². The molecule has 1 aromatic carbocycles. The number of benzene rings is 1. The molecule has 17 heteroatoms. The molecule has 3 fully saturated rings. The van der Waals surface area contributed by atoms with Gasteiger partial charge in [0.2, 0.25) is 5.79 Å². The third kappa shape index (κ3) is 16.8. The van der Waals surface area contributed by atoms with Crippen LogP contribution >= 0.6 is 0 Å². The van der Waals surface area contributed by atoms with Crippen molar-refractivity contribution in [2.75, 3.05) is 26.1 Å². The first-order valence-electron chi connectivity index (χ1n) is 26.7. The third-order valence-corrected chi connectivity index (χ3v) is 15.7. The number of hydrogen-bond donors (Lipinski definition) is 4. The lowest BCUT2D eigenvalue weighted by Gasteiger charge is -2.43. The van der Waals surface area contributed by atoms with Gasteiger partial charge in [0.05, 0.1) is 18.3 Å². The molecule has 1 aromatic rings. The van der Waals surface area contributed by atoms with Gasteiger partial charge in [0.1, 0.15) is 30.1 Å². The number of nitrogens with zero attached hydrogens (tertiary/aromatic N) is 1. The summed E-state index contributed by atoms with van der Waals surface area (Å²) in [5.74, 6) is -7.53. The van der Waals surface area contributed by atoms with E-state index in [9.17, 15) is 47.7 Å². The number of amides is 1. The molecule has 0 radical (unpaired) electrons. The van der Waals surface area contributed by atoms with Crippen LogP contribution in [0.15, 0.2) is 71.9 Å². The van der Waals surface area contributed by atoms with Crippen LogP contribution < -0.4 is 10.1 Å². The van der Waals surface area contributed by atoms with Gasteiger partial charge < -0.3 is 49.2 Å². The normalized spacial score (nSPS) is 37.0. The summed E-state index contributed by atoms with van der Waals surface area (Å²) in [6, 6.07) is 3.67. The Balaban J connectivity index is 1.49. The number of fused-ring (bicyclic) bond motifs is 3. The highest BCUT2D eigenvalue weighted by Crippen LogP contribution is 2.38. The topological polar surface area (TPSA) is 190 Å². The fourth-order valence-corrected chi connectivity index (χ4v) is 11.2. The molecule has 5 rings (SSSR count). The number of Topliss-reactive ketones (excluding diaryl/α,β-unsaturated/α-hetero) is 2. The number of methoxy groups -OCH3 is 2. The Morgan fingerprint density at radius 1 is 0.865 bits per heavy atom. The average molecular weight is 1050 g/mol. The lowest BCUT2D eigenvalue weighted by molar-refractivity contribution is -0.274. The van der Waals surface area contributed by atoms with E-state index in [4.69, 9.17) is 18.9 Å². The minimum Gasteiger partial charge on any atom is -0.461 e. The second-order valence-electron chi connectivity index (χ2n) is 21.7. The summed E-state index contributed by atoms with van der Waals surface area (Å²) < 4.78 is 67.8. The number of ketones is 2. The van der Waals surface area contributed by atoms with Crippen LogP contribution in [-0.2, 0) is 38.1 Å². The second-order valence-corrected chi connectivity index (χ2v) is 21.7. The molecule has 3 aliphatic heterocycles. The van der Waals surface area contributed by atoms with Gasteiger partial charge in [-0.1, -0.05) is 82.7 Å². The molecule has 1 saturated carbocycles. The smallest absolute Gasteiger partial charge is 0.461 e. The van der Waals surface area contributed by atoms with E-state index in [0.29, 0.717) is 75.5 Å².